The fraction of sp³-hybridized carbons (Fsp3) is 0.583. The van der Waals surface area contributed by atoms with E-state index in [-0.39, 0.29) is 10.6 Å². The number of rotatable bonds is 7. The first kappa shape index (κ1) is 16.1. The first-order chi connectivity index (χ1) is 8.72. The van der Waals surface area contributed by atoms with E-state index in [0.717, 1.165) is 11.3 Å². The molecule has 0 unspecified atom stereocenters. The molecule has 1 aromatic rings. The van der Waals surface area contributed by atoms with E-state index in [1.165, 1.54) is 6.07 Å². The summed E-state index contributed by atoms with van der Waals surface area (Å²) in [6.07, 6.45) is 1.23. The van der Waals surface area contributed by atoms with Gasteiger partial charge in [-0.2, -0.15) is 0 Å². The summed E-state index contributed by atoms with van der Waals surface area (Å²) in [7, 11) is -3.58. The first-order valence-corrected chi connectivity index (χ1v) is 8.37. The summed E-state index contributed by atoms with van der Waals surface area (Å²) in [6, 6.07) is 3.00. The number of thiophene rings is 1. The summed E-state index contributed by atoms with van der Waals surface area (Å²) >= 11 is 0.999. The molecule has 0 saturated heterocycles. The summed E-state index contributed by atoms with van der Waals surface area (Å²) in [5.41, 5.74) is -0.476. The zero-order valence-corrected chi connectivity index (χ0v) is 12.9. The minimum atomic E-state index is -3.58. The van der Waals surface area contributed by atoms with E-state index in [1.54, 1.807) is 6.07 Å². The van der Waals surface area contributed by atoms with Gasteiger partial charge in [0.2, 0.25) is 0 Å². The lowest BCUT2D eigenvalue weighted by Gasteiger charge is -2.27. The van der Waals surface area contributed by atoms with Gasteiger partial charge in [-0.15, -0.1) is 11.3 Å². The molecule has 0 radical (unpaired) electrons. The van der Waals surface area contributed by atoms with Gasteiger partial charge in [-0.3, -0.25) is 4.79 Å². The lowest BCUT2D eigenvalue weighted by atomic mass is 9.98. The molecule has 0 saturated carbocycles. The Morgan fingerprint density at radius 1 is 1.37 bits per heavy atom. The smallest absolute Gasteiger partial charge is 0.308 e. The van der Waals surface area contributed by atoms with Crippen LogP contribution in [-0.2, 0) is 21.2 Å². The lowest BCUT2D eigenvalue weighted by Crippen LogP contribution is -2.44. The molecule has 0 amide bonds. The average Bonchev–Trinajstić information content (AvgIpc) is 2.76. The Labute approximate surface area is 117 Å². The van der Waals surface area contributed by atoms with Gasteiger partial charge in [-0.25, -0.2) is 13.1 Å². The van der Waals surface area contributed by atoms with E-state index in [4.69, 9.17) is 5.11 Å². The molecule has 0 aromatic carbocycles. The van der Waals surface area contributed by atoms with Gasteiger partial charge in [0.25, 0.3) is 10.0 Å². The molecule has 2 N–H and O–H groups in total. The van der Waals surface area contributed by atoms with Crippen molar-refractivity contribution >= 4 is 27.3 Å². The summed E-state index contributed by atoms with van der Waals surface area (Å²) in [5, 5.41) is 8.68. The molecule has 0 atom stereocenters. The number of carbonyl (C=O) groups is 1. The van der Waals surface area contributed by atoms with E-state index >= 15 is 0 Å². The maximum atomic E-state index is 12.2. The third kappa shape index (κ3) is 4.29. The highest BCUT2D eigenvalue weighted by Crippen LogP contribution is 2.25. The molecule has 0 aliphatic heterocycles. The van der Waals surface area contributed by atoms with Crippen LogP contribution in [0, 0.1) is 0 Å². The fourth-order valence-corrected chi connectivity index (χ4v) is 4.41. The second kappa shape index (κ2) is 6.02. The summed E-state index contributed by atoms with van der Waals surface area (Å²) in [5.74, 6) is -0.967. The Kier molecular flexibility index (Phi) is 5.11. The molecule has 108 valence electrons. The van der Waals surface area contributed by atoms with Crippen molar-refractivity contribution < 1.29 is 18.3 Å². The second-order valence-electron chi connectivity index (χ2n) is 4.66. The van der Waals surface area contributed by atoms with E-state index in [2.05, 4.69) is 4.72 Å². The van der Waals surface area contributed by atoms with Crippen molar-refractivity contribution in [2.45, 2.75) is 49.8 Å². The van der Waals surface area contributed by atoms with Crippen LogP contribution >= 0.6 is 11.3 Å². The predicted molar refractivity (Wildman–Crippen MR) is 75.0 cm³/mol. The average molecular weight is 305 g/mol. The molecular weight excluding hydrogens is 286 g/mol. The van der Waals surface area contributed by atoms with E-state index in [0.29, 0.717) is 17.7 Å². The molecule has 7 heteroatoms. The predicted octanol–water partition coefficient (Wildman–Crippen LogP) is 2.23. The Balaban J connectivity index is 2.95. The van der Waals surface area contributed by atoms with Crippen LogP contribution < -0.4 is 4.72 Å². The van der Waals surface area contributed by atoms with Gasteiger partial charge in [0.15, 0.2) is 0 Å². The minimum Gasteiger partial charge on any atom is -0.481 e. The molecule has 0 spiro atoms. The van der Waals surface area contributed by atoms with Gasteiger partial charge in [-0.05, 0) is 31.9 Å². The summed E-state index contributed by atoms with van der Waals surface area (Å²) in [6.45, 7) is 5.71. The largest absolute Gasteiger partial charge is 0.481 e. The zero-order valence-electron chi connectivity index (χ0n) is 11.3. The maximum absolute atomic E-state index is 12.2. The van der Waals surface area contributed by atoms with Crippen LogP contribution in [0.15, 0.2) is 16.3 Å². The third-order valence-corrected chi connectivity index (χ3v) is 6.38. The number of sulfonamides is 1. The van der Waals surface area contributed by atoms with E-state index in [9.17, 15) is 13.2 Å². The van der Waals surface area contributed by atoms with Gasteiger partial charge in [0, 0.05) is 10.4 Å². The van der Waals surface area contributed by atoms with Crippen LogP contribution in [0.4, 0.5) is 0 Å². The molecule has 0 fully saturated rings. The highest BCUT2D eigenvalue weighted by molar-refractivity contribution is 7.91. The van der Waals surface area contributed by atoms with Crippen LogP contribution in [0.5, 0.6) is 0 Å². The standard InChI is InChI=1S/C12H19NO4S2/c1-4-12(3,5-2)13-19(16,17)11-7-6-9(18-11)8-10(14)15/h6-7,13H,4-5,8H2,1-3H3,(H,14,15). The Morgan fingerprint density at radius 3 is 2.42 bits per heavy atom. The van der Waals surface area contributed by atoms with Crippen molar-refractivity contribution in [2.24, 2.45) is 0 Å². The van der Waals surface area contributed by atoms with Crippen molar-refractivity contribution in [3.05, 3.63) is 17.0 Å². The first-order valence-electron chi connectivity index (χ1n) is 6.07. The second-order valence-corrected chi connectivity index (χ2v) is 7.74. The number of hydrogen-bond donors (Lipinski definition) is 2. The van der Waals surface area contributed by atoms with Crippen molar-refractivity contribution in [2.75, 3.05) is 0 Å². The van der Waals surface area contributed by atoms with Gasteiger partial charge < -0.3 is 5.11 Å². The van der Waals surface area contributed by atoms with E-state index in [1.807, 2.05) is 20.8 Å². The number of carboxylic acids is 1. The molecule has 1 aromatic heterocycles. The third-order valence-electron chi connectivity index (χ3n) is 3.17. The number of carboxylic acid groups (broad SMARTS) is 1. The Morgan fingerprint density at radius 2 is 1.95 bits per heavy atom. The van der Waals surface area contributed by atoms with Gasteiger partial charge in [0.1, 0.15) is 4.21 Å². The topological polar surface area (TPSA) is 83.5 Å². The molecule has 0 aliphatic carbocycles. The van der Waals surface area contributed by atoms with Crippen molar-refractivity contribution in [1.82, 2.24) is 4.72 Å². The number of aliphatic carboxylic acids is 1. The normalized spacial score (nSPS) is 12.6. The molecule has 1 rings (SSSR count). The Hall–Kier alpha value is -0.920. The molecule has 0 aliphatic rings. The number of hydrogen-bond acceptors (Lipinski definition) is 4. The van der Waals surface area contributed by atoms with Crippen LogP contribution in [0.1, 0.15) is 38.5 Å². The lowest BCUT2D eigenvalue weighted by molar-refractivity contribution is -0.136. The molecule has 1 heterocycles. The quantitative estimate of drug-likeness (QED) is 0.809. The van der Waals surface area contributed by atoms with Crippen LogP contribution in [0.2, 0.25) is 0 Å². The van der Waals surface area contributed by atoms with Crippen LogP contribution in [0.25, 0.3) is 0 Å². The monoisotopic (exact) mass is 305 g/mol. The highest BCUT2D eigenvalue weighted by Gasteiger charge is 2.28. The zero-order chi connectivity index (χ0) is 14.7. The minimum absolute atomic E-state index is 0.154. The SMILES string of the molecule is CCC(C)(CC)NS(=O)(=O)c1ccc(CC(=O)O)s1. The van der Waals surface area contributed by atoms with Gasteiger partial charge in [-0.1, -0.05) is 13.8 Å². The molecule has 19 heavy (non-hydrogen) atoms. The maximum Gasteiger partial charge on any atom is 0.308 e. The molecule has 0 bridgehead atoms. The van der Waals surface area contributed by atoms with Crippen molar-refractivity contribution in [3.63, 3.8) is 0 Å². The van der Waals surface area contributed by atoms with Crippen LogP contribution in [0.3, 0.4) is 0 Å². The van der Waals surface area contributed by atoms with Crippen molar-refractivity contribution in [1.29, 1.82) is 0 Å². The van der Waals surface area contributed by atoms with Crippen LogP contribution in [-0.4, -0.2) is 25.0 Å². The molecular formula is C12H19NO4S2. The highest BCUT2D eigenvalue weighted by atomic mass is 32.2. The fourth-order valence-electron chi connectivity index (χ4n) is 1.52. The molecule has 5 nitrogen and oxygen atoms in total. The number of nitrogens with one attached hydrogen (secondary N) is 1. The van der Waals surface area contributed by atoms with Gasteiger partial charge >= 0.3 is 5.97 Å². The summed E-state index contributed by atoms with van der Waals surface area (Å²) < 4.78 is 27.3. The Bertz CT molecular complexity index is 544. The van der Waals surface area contributed by atoms with Gasteiger partial charge in [0.05, 0.1) is 6.42 Å². The van der Waals surface area contributed by atoms with E-state index < -0.39 is 21.5 Å². The summed E-state index contributed by atoms with van der Waals surface area (Å²) in [4.78, 5) is 11.1. The van der Waals surface area contributed by atoms with Crippen molar-refractivity contribution in [3.8, 4) is 0 Å².